The monoisotopic (exact) mass is 727 g/mol. The zero-order valence-corrected chi connectivity index (χ0v) is 30.8. The summed E-state index contributed by atoms with van der Waals surface area (Å²) in [6.45, 7) is 0. The maximum absolute atomic E-state index is 6.70. The van der Waals surface area contributed by atoms with Gasteiger partial charge in [0.25, 0.3) is 0 Å². The summed E-state index contributed by atoms with van der Waals surface area (Å²) < 4.78 is 6.70. The Bertz CT molecular complexity index is 3280. The van der Waals surface area contributed by atoms with Gasteiger partial charge in [-0.1, -0.05) is 158 Å². The average Bonchev–Trinajstić information content (AvgIpc) is 3.65. The van der Waals surface area contributed by atoms with Crippen LogP contribution in [0.25, 0.3) is 111 Å². The van der Waals surface area contributed by atoms with Crippen molar-refractivity contribution < 1.29 is 4.42 Å². The molecule has 266 valence electrons. The topological polar surface area (TPSA) is 51.8 Å². The SMILES string of the molecule is c1ccc(-c2cccc(-c3nc(-c4ccc5cc(-c6ccccc6)ccc5c4)nc(-c4cc(-c5ccccc5)c5oc6cc7ccccc7cc6c5c4)n3)c2)cc1. The Kier molecular flexibility index (Phi) is 7.78. The van der Waals surface area contributed by atoms with Crippen LogP contribution in [-0.2, 0) is 0 Å². The van der Waals surface area contributed by atoms with E-state index in [-0.39, 0.29) is 0 Å². The van der Waals surface area contributed by atoms with E-state index in [9.17, 15) is 0 Å². The van der Waals surface area contributed by atoms with E-state index in [1.165, 1.54) is 11.1 Å². The van der Waals surface area contributed by atoms with Crippen LogP contribution in [0, 0.1) is 0 Å². The first-order valence-corrected chi connectivity index (χ1v) is 19.2. The Labute approximate surface area is 329 Å². The third-order valence-corrected chi connectivity index (χ3v) is 10.9. The molecule has 0 radical (unpaired) electrons. The van der Waals surface area contributed by atoms with Gasteiger partial charge in [0.15, 0.2) is 17.5 Å². The number of hydrogen-bond donors (Lipinski definition) is 0. The fraction of sp³-hybridized carbons (Fsp3) is 0. The molecule has 0 aliphatic rings. The van der Waals surface area contributed by atoms with Gasteiger partial charge in [0.1, 0.15) is 11.2 Å². The molecular formula is C53H33N3O. The molecule has 0 unspecified atom stereocenters. The average molecular weight is 728 g/mol. The third-order valence-electron chi connectivity index (χ3n) is 10.9. The highest BCUT2D eigenvalue weighted by atomic mass is 16.3. The van der Waals surface area contributed by atoms with Gasteiger partial charge in [-0.15, -0.1) is 0 Å². The largest absolute Gasteiger partial charge is 0.455 e. The molecule has 4 nitrogen and oxygen atoms in total. The molecule has 0 aliphatic heterocycles. The van der Waals surface area contributed by atoms with E-state index < -0.39 is 0 Å². The molecule has 0 aliphatic carbocycles. The van der Waals surface area contributed by atoms with E-state index >= 15 is 0 Å². The lowest BCUT2D eigenvalue weighted by molar-refractivity contribution is 0.670. The Hall–Kier alpha value is -7.69. The molecule has 0 saturated carbocycles. The molecule has 9 aromatic carbocycles. The van der Waals surface area contributed by atoms with Crippen molar-refractivity contribution in [1.29, 1.82) is 0 Å². The highest BCUT2D eigenvalue weighted by Crippen LogP contribution is 2.41. The van der Waals surface area contributed by atoms with Crippen molar-refractivity contribution in [2.24, 2.45) is 0 Å². The lowest BCUT2D eigenvalue weighted by atomic mass is 9.98. The van der Waals surface area contributed by atoms with Crippen LogP contribution < -0.4 is 0 Å². The normalized spacial score (nSPS) is 11.5. The van der Waals surface area contributed by atoms with Gasteiger partial charge in [-0.25, -0.2) is 15.0 Å². The molecule has 0 N–H and O–H groups in total. The fourth-order valence-electron chi connectivity index (χ4n) is 7.95. The first kappa shape index (κ1) is 32.7. The second-order valence-electron chi connectivity index (χ2n) is 14.5. The van der Waals surface area contributed by atoms with Gasteiger partial charge in [0.05, 0.1) is 0 Å². The first-order chi connectivity index (χ1) is 28.2. The molecule has 0 amide bonds. The first-order valence-electron chi connectivity index (χ1n) is 19.2. The second-order valence-corrected chi connectivity index (χ2v) is 14.5. The quantitative estimate of drug-likeness (QED) is 0.171. The standard InChI is InChI=1S/C53H33N3O/c1-4-13-34(14-5-1)37-21-12-22-43(28-37)51-54-52(44-26-25-41-27-40(23-24-42(41)29-44)35-15-6-2-7-16-35)56-53(55-51)45-31-46(36-17-8-3-9-18-36)50-48(32-45)47-30-38-19-10-11-20-39(38)33-49(47)57-50/h1-33H. The van der Waals surface area contributed by atoms with Crippen LogP contribution in [0.2, 0.25) is 0 Å². The molecule has 0 fully saturated rings. The predicted octanol–water partition coefficient (Wildman–Crippen LogP) is 14.1. The number of benzene rings is 9. The molecule has 0 atom stereocenters. The van der Waals surface area contributed by atoms with E-state index in [0.29, 0.717) is 17.5 Å². The highest BCUT2D eigenvalue weighted by Gasteiger charge is 2.19. The molecule has 4 heteroatoms. The summed E-state index contributed by atoms with van der Waals surface area (Å²) in [5.74, 6) is 1.81. The van der Waals surface area contributed by atoms with Crippen LogP contribution in [0.1, 0.15) is 0 Å². The number of hydrogen-bond acceptors (Lipinski definition) is 4. The second kappa shape index (κ2) is 13.6. The Morgan fingerprint density at radius 1 is 0.281 bits per heavy atom. The number of fused-ring (bicyclic) bond motifs is 5. The minimum absolute atomic E-state index is 0.592. The molecular weight excluding hydrogens is 695 g/mol. The lowest BCUT2D eigenvalue weighted by Gasteiger charge is -2.12. The van der Waals surface area contributed by atoms with Crippen molar-refractivity contribution in [2.45, 2.75) is 0 Å². The van der Waals surface area contributed by atoms with E-state index in [1.807, 2.05) is 18.2 Å². The molecule has 11 rings (SSSR count). The molecule has 0 bridgehead atoms. The lowest BCUT2D eigenvalue weighted by Crippen LogP contribution is -2.00. The summed E-state index contributed by atoms with van der Waals surface area (Å²) in [4.78, 5) is 15.7. The number of rotatable bonds is 6. The zero-order chi connectivity index (χ0) is 37.7. The minimum Gasteiger partial charge on any atom is -0.455 e. The smallest absolute Gasteiger partial charge is 0.164 e. The Morgan fingerprint density at radius 3 is 1.42 bits per heavy atom. The highest BCUT2D eigenvalue weighted by molar-refractivity contribution is 6.14. The van der Waals surface area contributed by atoms with Gasteiger partial charge < -0.3 is 4.42 Å². The predicted molar refractivity (Wildman–Crippen MR) is 235 cm³/mol. The summed E-state index contributed by atoms with van der Waals surface area (Å²) in [5, 5.41) is 6.64. The third kappa shape index (κ3) is 6.01. The van der Waals surface area contributed by atoms with Gasteiger partial charge in [-0.3, -0.25) is 0 Å². The molecule has 0 saturated heterocycles. The van der Waals surface area contributed by atoms with Crippen LogP contribution in [0.15, 0.2) is 205 Å². The van der Waals surface area contributed by atoms with Crippen molar-refractivity contribution in [1.82, 2.24) is 15.0 Å². The van der Waals surface area contributed by atoms with E-state index in [0.717, 1.165) is 82.4 Å². The van der Waals surface area contributed by atoms with E-state index in [4.69, 9.17) is 19.4 Å². The van der Waals surface area contributed by atoms with Crippen molar-refractivity contribution in [3.63, 3.8) is 0 Å². The Morgan fingerprint density at radius 2 is 0.754 bits per heavy atom. The molecule has 2 aromatic heterocycles. The molecule has 0 spiro atoms. The minimum atomic E-state index is 0.592. The van der Waals surface area contributed by atoms with Crippen molar-refractivity contribution in [2.75, 3.05) is 0 Å². The molecule has 11 aromatic rings. The van der Waals surface area contributed by atoms with Crippen LogP contribution in [-0.4, -0.2) is 15.0 Å². The van der Waals surface area contributed by atoms with Crippen LogP contribution in [0.4, 0.5) is 0 Å². The summed E-state index contributed by atoms with van der Waals surface area (Å²) in [6.07, 6.45) is 0. The van der Waals surface area contributed by atoms with E-state index in [1.54, 1.807) is 0 Å². The Balaban J connectivity index is 1.13. The van der Waals surface area contributed by atoms with Crippen molar-refractivity contribution in [3.8, 4) is 67.5 Å². The van der Waals surface area contributed by atoms with Gasteiger partial charge in [-0.05, 0) is 91.8 Å². The van der Waals surface area contributed by atoms with Crippen LogP contribution in [0.5, 0.6) is 0 Å². The maximum atomic E-state index is 6.70. The fourth-order valence-corrected chi connectivity index (χ4v) is 7.95. The number of furan rings is 1. The summed E-state index contributed by atoms with van der Waals surface area (Å²) in [5.41, 5.74) is 11.1. The summed E-state index contributed by atoms with van der Waals surface area (Å²) in [7, 11) is 0. The van der Waals surface area contributed by atoms with E-state index in [2.05, 4.69) is 182 Å². The maximum Gasteiger partial charge on any atom is 0.164 e. The summed E-state index contributed by atoms with van der Waals surface area (Å²) in [6, 6.07) is 69.9. The van der Waals surface area contributed by atoms with Gasteiger partial charge in [-0.2, -0.15) is 0 Å². The zero-order valence-electron chi connectivity index (χ0n) is 30.8. The number of nitrogens with zero attached hydrogens (tertiary/aromatic N) is 3. The molecule has 2 heterocycles. The summed E-state index contributed by atoms with van der Waals surface area (Å²) >= 11 is 0. The van der Waals surface area contributed by atoms with Crippen molar-refractivity contribution >= 4 is 43.5 Å². The van der Waals surface area contributed by atoms with Crippen LogP contribution >= 0.6 is 0 Å². The van der Waals surface area contributed by atoms with Crippen LogP contribution in [0.3, 0.4) is 0 Å². The van der Waals surface area contributed by atoms with Gasteiger partial charge >= 0.3 is 0 Å². The van der Waals surface area contributed by atoms with Gasteiger partial charge in [0.2, 0.25) is 0 Å². The van der Waals surface area contributed by atoms with Gasteiger partial charge in [0, 0.05) is 33.0 Å². The van der Waals surface area contributed by atoms with Crippen molar-refractivity contribution in [3.05, 3.63) is 200 Å². The number of aromatic nitrogens is 3. The molecule has 57 heavy (non-hydrogen) atoms.